The number of hydrogen-bond donors (Lipinski definition) is 4. The lowest BCUT2D eigenvalue weighted by Crippen LogP contribution is -2.49. The first kappa shape index (κ1) is 22.2. The summed E-state index contributed by atoms with van der Waals surface area (Å²) < 4.78 is 5.12. The molecule has 0 bridgehead atoms. The average molecular weight is 378 g/mol. The Kier molecular flexibility index (Phi) is 10.0. The van der Waals surface area contributed by atoms with E-state index >= 15 is 0 Å². The van der Waals surface area contributed by atoms with E-state index in [9.17, 15) is 14.4 Å². The van der Waals surface area contributed by atoms with Crippen molar-refractivity contribution in [2.24, 2.45) is 17.2 Å². The summed E-state index contributed by atoms with van der Waals surface area (Å²) in [5.74, 6) is -2.96. The highest BCUT2D eigenvalue weighted by atomic mass is 35.5. The van der Waals surface area contributed by atoms with Crippen molar-refractivity contribution in [3.63, 3.8) is 0 Å². The smallest absolute Gasteiger partial charge is 0.321 e. The van der Waals surface area contributed by atoms with Crippen LogP contribution in [-0.2, 0) is 25.7 Å². The first-order valence-electron chi connectivity index (χ1n) is 6.68. The van der Waals surface area contributed by atoms with Crippen LogP contribution in [0.1, 0.15) is 5.56 Å². The van der Waals surface area contributed by atoms with Crippen LogP contribution < -0.4 is 17.2 Å². The topological polar surface area (TPSA) is 159 Å². The first-order chi connectivity index (χ1) is 10.8. The van der Waals surface area contributed by atoms with Crippen LogP contribution >= 0.6 is 24.2 Å². The van der Waals surface area contributed by atoms with Gasteiger partial charge < -0.3 is 27.0 Å². The number of carboxylic acids is 1. The van der Waals surface area contributed by atoms with E-state index in [1.54, 1.807) is 24.3 Å². The zero-order valence-corrected chi connectivity index (χ0v) is 14.3. The second kappa shape index (κ2) is 10.9. The Balaban J connectivity index is 0.00000529. The molecule has 134 valence electrons. The number of esters is 1. The van der Waals surface area contributed by atoms with Gasteiger partial charge in [0.1, 0.15) is 23.9 Å². The Labute approximate surface area is 149 Å². The van der Waals surface area contributed by atoms with Gasteiger partial charge >= 0.3 is 11.9 Å². The number of carbonyl (C=O) groups is 3. The fourth-order valence-electron chi connectivity index (χ4n) is 1.56. The monoisotopic (exact) mass is 377 g/mol. The van der Waals surface area contributed by atoms with Crippen molar-refractivity contribution in [1.82, 2.24) is 0 Å². The summed E-state index contributed by atoms with van der Waals surface area (Å²) in [6.45, 7) is 0.00714. The van der Waals surface area contributed by atoms with Crippen LogP contribution in [0.2, 0.25) is 0 Å². The van der Waals surface area contributed by atoms with Gasteiger partial charge in [-0.3, -0.25) is 14.4 Å². The molecule has 0 aliphatic heterocycles. The lowest BCUT2D eigenvalue weighted by molar-refractivity contribution is -0.145. The molecule has 7 N–H and O–H groups in total. The average Bonchev–Trinajstić information content (AvgIpc) is 2.53. The van der Waals surface area contributed by atoms with Crippen molar-refractivity contribution >= 4 is 42.0 Å². The third kappa shape index (κ3) is 7.18. The summed E-state index contributed by atoms with van der Waals surface area (Å²) >= 11 is 0.831. The summed E-state index contributed by atoms with van der Waals surface area (Å²) in [4.78, 5) is 34.1. The van der Waals surface area contributed by atoms with E-state index in [-0.39, 0.29) is 24.8 Å². The van der Waals surface area contributed by atoms with Crippen LogP contribution in [0, 0.1) is 0 Å². The molecule has 0 saturated heterocycles. The van der Waals surface area contributed by atoms with Gasteiger partial charge in [0.2, 0.25) is 5.91 Å². The number of halogens is 1. The van der Waals surface area contributed by atoms with E-state index in [1.165, 1.54) is 0 Å². The molecule has 0 aliphatic carbocycles. The second-order valence-electron chi connectivity index (χ2n) is 4.72. The van der Waals surface area contributed by atoms with E-state index in [1.807, 2.05) is 6.07 Å². The van der Waals surface area contributed by atoms with Gasteiger partial charge in [-0.05, 0) is 5.56 Å². The molecule has 0 aliphatic rings. The molecular weight excluding hydrogens is 358 g/mol. The molecular formula is C14H20ClN3O5S. The van der Waals surface area contributed by atoms with E-state index in [4.69, 9.17) is 27.0 Å². The lowest BCUT2D eigenvalue weighted by atomic mass is 10.2. The van der Waals surface area contributed by atoms with Gasteiger partial charge in [0, 0.05) is 5.75 Å². The number of benzene rings is 1. The minimum Gasteiger partial charge on any atom is -0.480 e. The first-order valence-corrected chi connectivity index (χ1v) is 7.73. The van der Waals surface area contributed by atoms with Gasteiger partial charge in [-0.25, -0.2) is 0 Å². The van der Waals surface area contributed by atoms with Gasteiger partial charge in [-0.15, -0.1) is 24.2 Å². The third-order valence-electron chi connectivity index (χ3n) is 2.88. The Hall–Kier alpha value is -1.81. The van der Waals surface area contributed by atoms with E-state index in [2.05, 4.69) is 0 Å². The molecule has 8 nitrogen and oxygen atoms in total. The number of carboxylic acid groups (broad SMARTS) is 1. The van der Waals surface area contributed by atoms with Gasteiger partial charge in [0.25, 0.3) is 0 Å². The van der Waals surface area contributed by atoms with Crippen molar-refractivity contribution in [3.8, 4) is 0 Å². The lowest BCUT2D eigenvalue weighted by Gasteiger charge is -2.20. The van der Waals surface area contributed by atoms with Gasteiger partial charge in [-0.2, -0.15) is 0 Å². The van der Waals surface area contributed by atoms with Gasteiger partial charge in [-0.1, -0.05) is 30.3 Å². The highest BCUT2D eigenvalue weighted by Gasteiger charge is 2.32. The molecule has 0 radical (unpaired) electrons. The maximum Gasteiger partial charge on any atom is 0.321 e. The van der Waals surface area contributed by atoms with Crippen molar-refractivity contribution < 1.29 is 24.2 Å². The Morgan fingerprint density at radius 2 is 1.75 bits per heavy atom. The normalized spacial score (nSPS) is 13.9. The van der Waals surface area contributed by atoms with Gasteiger partial charge in [0.05, 0.1) is 0 Å². The van der Waals surface area contributed by atoms with E-state index in [0.29, 0.717) is 0 Å². The van der Waals surface area contributed by atoms with Crippen LogP contribution in [0.3, 0.4) is 0 Å². The quantitative estimate of drug-likeness (QED) is 0.418. The summed E-state index contributed by atoms with van der Waals surface area (Å²) in [6.07, 6.45) is 0. The third-order valence-corrected chi connectivity index (χ3v) is 4.28. The number of carbonyl (C=O) groups excluding carboxylic acids is 2. The summed E-state index contributed by atoms with van der Waals surface area (Å²) in [5.41, 5.74) is 16.9. The Morgan fingerprint density at radius 3 is 2.25 bits per heavy atom. The van der Waals surface area contributed by atoms with Crippen molar-refractivity contribution in [3.05, 3.63) is 35.9 Å². The minimum atomic E-state index is -1.30. The molecule has 10 heteroatoms. The maximum absolute atomic E-state index is 12.1. The Morgan fingerprint density at radius 1 is 1.17 bits per heavy atom. The molecule has 3 atom stereocenters. The highest BCUT2D eigenvalue weighted by Crippen LogP contribution is 2.18. The molecule has 3 unspecified atom stereocenters. The predicted molar refractivity (Wildman–Crippen MR) is 92.5 cm³/mol. The number of rotatable bonds is 9. The summed E-state index contributed by atoms with van der Waals surface area (Å²) in [7, 11) is 0. The summed E-state index contributed by atoms with van der Waals surface area (Å²) in [6, 6.07) is 6.44. The molecule has 0 spiro atoms. The van der Waals surface area contributed by atoms with Crippen LogP contribution in [0.5, 0.6) is 0 Å². The fraction of sp³-hybridized carbons (Fsp3) is 0.357. The van der Waals surface area contributed by atoms with Gasteiger partial charge in [0.15, 0.2) is 0 Å². The second-order valence-corrected chi connectivity index (χ2v) is 5.89. The summed E-state index contributed by atoms with van der Waals surface area (Å²) in [5, 5.41) is 7.63. The van der Waals surface area contributed by atoms with Crippen LogP contribution in [0.15, 0.2) is 30.3 Å². The number of nitrogens with two attached hydrogens (primary N) is 3. The molecule has 0 heterocycles. The number of primary amides is 1. The molecule has 24 heavy (non-hydrogen) atoms. The molecule has 0 fully saturated rings. The number of hydrogen-bond acceptors (Lipinski definition) is 7. The van der Waals surface area contributed by atoms with E-state index < -0.39 is 35.2 Å². The van der Waals surface area contributed by atoms with Crippen molar-refractivity contribution in [2.45, 2.75) is 23.9 Å². The molecule has 1 rings (SSSR count). The number of thioether (sulfide) groups is 1. The standard InChI is InChI=1S/C14H19N3O5S.ClH/c15-9(13(19)20)7-23-11(10(16)12(17)18)14(21)22-6-8-4-2-1-3-5-8;/h1-5,9-11H,6-7,15-16H2,(H2,17,18)(H,19,20);1H. The highest BCUT2D eigenvalue weighted by molar-refractivity contribution is 8.00. The molecule has 0 saturated carbocycles. The maximum atomic E-state index is 12.1. The van der Waals surface area contributed by atoms with Crippen LogP contribution in [0.4, 0.5) is 0 Å². The van der Waals surface area contributed by atoms with Crippen LogP contribution in [0.25, 0.3) is 0 Å². The SMILES string of the molecule is Cl.NC(=O)C(N)C(SCC(N)C(=O)O)C(=O)OCc1ccccc1. The zero-order chi connectivity index (χ0) is 17.4. The molecule has 1 aromatic rings. The fourth-order valence-corrected chi connectivity index (χ4v) is 2.66. The van der Waals surface area contributed by atoms with Crippen molar-refractivity contribution in [1.29, 1.82) is 0 Å². The zero-order valence-electron chi connectivity index (χ0n) is 12.7. The van der Waals surface area contributed by atoms with E-state index in [0.717, 1.165) is 17.3 Å². The Bertz CT molecular complexity index is 561. The number of amides is 1. The van der Waals surface area contributed by atoms with Crippen LogP contribution in [-0.4, -0.2) is 46.0 Å². The molecule has 0 aromatic heterocycles. The number of ether oxygens (including phenoxy) is 1. The van der Waals surface area contributed by atoms with Crippen molar-refractivity contribution in [2.75, 3.05) is 5.75 Å². The molecule has 1 aromatic carbocycles. The molecule has 1 amide bonds. The minimum absolute atomic E-state index is 0. The largest absolute Gasteiger partial charge is 0.480 e. The number of aliphatic carboxylic acids is 1. The predicted octanol–water partition coefficient (Wildman–Crippen LogP) is -0.522.